The van der Waals surface area contributed by atoms with Crippen LogP contribution in [0, 0.1) is 0 Å². The van der Waals surface area contributed by atoms with Crippen LogP contribution >= 0.6 is 7.60 Å². The van der Waals surface area contributed by atoms with Crippen LogP contribution in [0.25, 0.3) is 0 Å². The number of fused-ring (bicyclic) bond motifs is 1. The Labute approximate surface area is 166 Å². The Hall–Kier alpha value is -1.69. The van der Waals surface area contributed by atoms with Crippen molar-refractivity contribution in [2.24, 2.45) is 0 Å². The predicted molar refractivity (Wildman–Crippen MR) is 107 cm³/mol. The van der Waals surface area contributed by atoms with Gasteiger partial charge in [0.15, 0.2) is 0 Å². The molecular formula is C20H29FNO5P. The molecule has 8 heteroatoms. The summed E-state index contributed by atoms with van der Waals surface area (Å²) in [6, 6.07) is 5.28. The summed E-state index contributed by atoms with van der Waals surface area (Å²) in [6.07, 6.45) is 2.00. The Balaban J connectivity index is 2.01. The molecule has 0 saturated heterocycles. The van der Waals surface area contributed by atoms with Gasteiger partial charge in [-0.15, -0.1) is 0 Å². The number of ether oxygens (including phenoxy) is 1. The van der Waals surface area contributed by atoms with E-state index in [4.69, 9.17) is 13.8 Å². The van der Waals surface area contributed by atoms with Crippen LogP contribution in [0.5, 0.6) is 5.75 Å². The van der Waals surface area contributed by atoms with Crippen molar-refractivity contribution in [2.45, 2.75) is 33.6 Å². The number of benzene rings is 1. The molecule has 1 aliphatic heterocycles. The maximum atomic E-state index is 12.8. The zero-order valence-electron chi connectivity index (χ0n) is 16.8. The zero-order chi connectivity index (χ0) is 20.6. The quantitative estimate of drug-likeness (QED) is 0.497. The van der Waals surface area contributed by atoms with Gasteiger partial charge >= 0.3 is 7.60 Å². The van der Waals surface area contributed by atoms with Gasteiger partial charge in [-0.05, 0) is 56.0 Å². The zero-order valence-corrected chi connectivity index (χ0v) is 17.7. The molecule has 0 atom stereocenters. The van der Waals surface area contributed by atoms with Crippen LogP contribution in [0.15, 0.2) is 30.1 Å². The predicted octanol–water partition coefficient (Wildman–Crippen LogP) is 4.59. The molecule has 0 bridgehead atoms. The average Bonchev–Trinajstić information content (AvgIpc) is 2.68. The van der Waals surface area contributed by atoms with Gasteiger partial charge in [0.2, 0.25) is 0 Å². The number of halogens is 1. The van der Waals surface area contributed by atoms with Crippen molar-refractivity contribution in [3.63, 3.8) is 0 Å². The van der Waals surface area contributed by atoms with E-state index < -0.39 is 7.60 Å². The monoisotopic (exact) mass is 413 g/mol. The fraction of sp³-hybridized carbons (Fsp3) is 0.550. The molecule has 0 aromatic heterocycles. The van der Waals surface area contributed by atoms with E-state index in [1.807, 2.05) is 13.0 Å². The highest BCUT2D eigenvalue weighted by Gasteiger charge is 2.29. The summed E-state index contributed by atoms with van der Waals surface area (Å²) in [5.74, 6) is 0.509. The standard InChI is InChI=1S/C20H29FNO5P/c1-4-16(14-21)15-25-18-7-8-19-17(13-18)9-10-22(20(19)23)11-12-28(24,26-5-2)27-6-3/h7-8,13-14H,4-6,9-12,15H2,1-3H3/b16-14+. The summed E-state index contributed by atoms with van der Waals surface area (Å²) in [5.41, 5.74) is 2.09. The fourth-order valence-electron chi connectivity index (χ4n) is 3.01. The minimum atomic E-state index is -3.18. The van der Waals surface area contributed by atoms with Crippen molar-refractivity contribution in [3.8, 4) is 5.75 Å². The van der Waals surface area contributed by atoms with Crippen molar-refractivity contribution in [2.75, 3.05) is 39.1 Å². The van der Waals surface area contributed by atoms with Gasteiger partial charge in [0.25, 0.3) is 5.91 Å². The van der Waals surface area contributed by atoms with Gasteiger partial charge in [-0.2, -0.15) is 0 Å². The van der Waals surface area contributed by atoms with Gasteiger partial charge in [0.1, 0.15) is 12.4 Å². The summed E-state index contributed by atoms with van der Waals surface area (Å²) in [5, 5.41) is 0. The van der Waals surface area contributed by atoms with Crippen molar-refractivity contribution in [1.29, 1.82) is 0 Å². The number of carbonyl (C=O) groups is 1. The van der Waals surface area contributed by atoms with Crippen LogP contribution < -0.4 is 4.74 Å². The molecule has 1 amide bonds. The smallest absolute Gasteiger partial charge is 0.332 e. The molecule has 0 fully saturated rings. The lowest BCUT2D eigenvalue weighted by Gasteiger charge is -2.30. The second-order valence-corrected chi connectivity index (χ2v) is 8.63. The van der Waals surface area contributed by atoms with E-state index in [1.165, 1.54) is 0 Å². The Kier molecular flexibility index (Phi) is 8.67. The molecule has 1 heterocycles. The highest BCUT2D eigenvalue weighted by atomic mass is 31.2. The van der Waals surface area contributed by atoms with E-state index >= 15 is 0 Å². The van der Waals surface area contributed by atoms with Gasteiger partial charge in [-0.1, -0.05) is 6.92 Å². The molecule has 0 saturated carbocycles. The number of nitrogens with zero attached hydrogens (tertiary/aromatic N) is 1. The normalized spacial score (nSPS) is 14.9. The van der Waals surface area contributed by atoms with Crippen LogP contribution in [-0.4, -0.2) is 49.9 Å². The third-order valence-electron chi connectivity index (χ3n) is 4.57. The first-order valence-electron chi connectivity index (χ1n) is 9.67. The maximum Gasteiger partial charge on any atom is 0.332 e. The highest BCUT2D eigenvalue weighted by molar-refractivity contribution is 7.53. The molecule has 28 heavy (non-hydrogen) atoms. The van der Waals surface area contributed by atoms with Crippen LogP contribution in [0.1, 0.15) is 43.1 Å². The molecule has 1 aromatic carbocycles. The number of hydrogen-bond acceptors (Lipinski definition) is 5. The van der Waals surface area contributed by atoms with Crippen LogP contribution in [-0.2, 0) is 20.0 Å². The lowest BCUT2D eigenvalue weighted by atomic mass is 9.99. The van der Waals surface area contributed by atoms with E-state index in [0.717, 1.165) is 5.56 Å². The minimum Gasteiger partial charge on any atom is -0.489 e. The molecule has 1 aromatic rings. The first-order valence-corrected chi connectivity index (χ1v) is 11.4. The van der Waals surface area contributed by atoms with Gasteiger partial charge < -0.3 is 18.7 Å². The summed E-state index contributed by atoms with van der Waals surface area (Å²) < 4.78 is 41.5. The molecule has 156 valence electrons. The van der Waals surface area contributed by atoms with Crippen LogP contribution in [0.4, 0.5) is 4.39 Å². The van der Waals surface area contributed by atoms with Gasteiger partial charge in [0.05, 0.1) is 25.7 Å². The molecule has 0 aliphatic carbocycles. The lowest BCUT2D eigenvalue weighted by molar-refractivity contribution is 0.0747. The Bertz CT molecular complexity index is 742. The Morgan fingerprint density at radius 3 is 2.57 bits per heavy atom. The molecule has 0 radical (unpaired) electrons. The van der Waals surface area contributed by atoms with E-state index in [1.54, 1.807) is 30.9 Å². The third kappa shape index (κ3) is 5.90. The topological polar surface area (TPSA) is 65.1 Å². The molecule has 2 rings (SSSR count). The second kappa shape index (κ2) is 10.7. The number of rotatable bonds is 11. The van der Waals surface area contributed by atoms with Crippen molar-refractivity contribution >= 4 is 13.5 Å². The lowest BCUT2D eigenvalue weighted by Crippen LogP contribution is -2.39. The Morgan fingerprint density at radius 1 is 1.25 bits per heavy atom. The molecule has 0 N–H and O–H groups in total. The van der Waals surface area contributed by atoms with E-state index in [0.29, 0.717) is 62.4 Å². The Morgan fingerprint density at radius 2 is 1.96 bits per heavy atom. The fourth-order valence-corrected chi connectivity index (χ4v) is 4.61. The van der Waals surface area contributed by atoms with E-state index in [2.05, 4.69) is 0 Å². The van der Waals surface area contributed by atoms with Crippen LogP contribution in [0.2, 0.25) is 0 Å². The summed E-state index contributed by atoms with van der Waals surface area (Å²) in [4.78, 5) is 14.4. The van der Waals surface area contributed by atoms with E-state index in [-0.39, 0.29) is 18.7 Å². The summed E-state index contributed by atoms with van der Waals surface area (Å²) in [6.45, 7) is 7.03. The molecule has 1 aliphatic rings. The molecule has 0 unspecified atom stereocenters. The van der Waals surface area contributed by atoms with Gasteiger partial charge in [-0.25, -0.2) is 4.39 Å². The molecule has 0 spiro atoms. The first kappa shape index (κ1) is 22.6. The summed E-state index contributed by atoms with van der Waals surface area (Å²) in [7, 11) is -3.18. The van der Waals surface area contributed by atoms with Crippen LogP contribution in [0.3, 0.4) is 0 Å². The second-order valence-electron chi connectivity index (χ2n) is 6.44. The average molecular weight is 413 g/mol. The van der Waals surface area contributed by atoms with Crippen molar-refractivity contribution in [3.05, 3.63) is 41.2 Å². The SMILES string of the molecule is CCOP(=O)(CCN1CCc2cc(OC/C(=C/F)CC)ccc2C1=O)OCC. The summed E-state index contributed by atoms with van der Waals surface area (Å²) >= 11 is 0. The molecular weight excluding hydrogens is 384 g/mol. The van der Waals surface area contributed by atoms with Crippen molar-refractivity contribution in [1.82, 2.24) is 4.90 Å². The minimum absolute atomic E-state index is 0.106. The first-order chi connectivity index (χ1) is 13.5. The molecule has 6 nitrogen and oxygen atoms in total. The van der Waals surface area contributed by atoms with E-state index in [9.17, 15) is 13.8 Å². The highest BCUT2D eigenvalue weighted by Crippen LogP contribution is 2.47. The third-order valence-corrected chi connectivity index (χ3v) is 6.62. The van der Waals surface area contributed by atoms with Crippen molar-refractivity contribution < 1.29 is 27.5 Å². The maximum absolute atomic E-state index is 12.8. The van der Waals surface area contributed by atoms with Gasteiger partial charge in [-0.3, -0.25) is 9.36 Å². The largest absolute Gasteiger partial charge is 0.489 e. The van der Waals surface area contributed by atoms with Gasteiger partial charge in [0, 0.05) is 18.7 Å². The number of carbonyl (C=O) groups excluding carboxylic acids is 1. The number of hydrogen-bond donors (Lipinski definition) is 0. The number of amides is 1.